The van der Waals surface area contributed by atoms with Crippen molar-refractivity contribution in [3.63, 3.8) is 0 Å². The van der Waals surface area contributed by atoms with Crippen molar-refractivity contribution in [2.75, 3.05) is 5.32 Å². The van der Waals surface area contributed by atoms with Gasteiger partial charge < -0.3 is 15.4 Å². The molecule has 4 heteroatoms. The van der Waals surface area contributed by atoms with Crippen LogP contribution in [0.15, 0.2) is 42.5 Å². The summed E-state index contributed by atoms with van der Waals surface area (Å²) < 4.78 is 5.93. The summed E-state index contributed by atoms with van der Waals surface area (Å²) in [7, 11) is 0. The topological polar surface area (TPSA) is 50.4 Å². The Morgan fingerprint density at radius 2 is 1.73 bits per heavy atom. The molecule has 1 amide bonds. The predicted molar refractivity (Wildman–Crippen MR) is 105 cm³/mol. The molecule has 0 atom stereocenters. The first-order chi connectivity index (χ1) is 12.3. The van der Waals surface area contributed by atoms with E-state index < -0.39 is 0 Å². The second kappa shape index (κ2) is 7.50. The molecule has 138 valence electrons. The SMILES string of the molecule is CC(C)C(=O)Nc1ccc(CNCc2ccc3c(c2)CC(C)(C)O3)cc1. The molecule has 0 saturated carbocycles. The molecule has 1 aliphatic heterocycles. The van der Waals surface area contributed by atoms with Gasteiger partial charge in [-0.05, 0) is 48.7 Å². The second-order valence-corrected chi connectivity index (χ2v) is 7.93. The molecule has 0 fully saturated rings. The molecule has 0 saturated heterocycles. The van der Waals surface area contributed by atoms with Crippen LogP contribution in [0.1, 0.15) is 44.4 Å². The molecule has 2 aromatic carbocycles. The van der Waals surface area contributed by atoms with E-state index in [1.807, 2.05) is 38.1 Å². The molecule has 0 aliphatic carbocycles. The van der Waals surface area contributed by atoms with Crippen LogP contribution in [0.3, 0.4) is 0 Å². The van der Waals surface area contributed by atoms with E-state index in [9.17, 15) is 4.79 Å². The fraction of sp³-hybridized carbons (Fsp3) is 0.409. The molecule has 4 nitrogen and oxygen atoms in total. The number of fused-ring (bicyclic) bond motifs is 1. The van der Waals surface area contributed by atoms with Crippen molar-refractivity contribution >= 4 is 11.6 Å². The van der Waals surface area contributed by atoms with Crippen LogP contribution in [0.5, 0.6) is 5.75 Å². The summed E-state index contributed by atoms with van der Waals surface area (Å²) in [4.78, 5) is 11.7. The van der Waals surface area contributed by atoms with E-state index in [1.165, 1.54) is 16.7 Å². The molecule has 0 spiro atoms. The van der Waals surface area contributed by atoms with Gasteiger partial charge in [0.25, 0.3) is 0 Å². The van der Waals surface area contributed by atoms with E-state index in [0.29, 0.717) is 0 Å². The Kier molecular flexibility index (Phi) is 5.33. The maximum absolute atomic E-state index is 11.7. The molecule has 0 bridgehead atoms. The molecule has 3 rings (SSSR count). The Morgan fingerprint density at radius 1 is 1.08 bits per heavy atom. The van der Waals surface area contributed by atoms with Crippen molar-refractivity contribution in [2.45, 2.75) is 52.8 Å². The molecule has 26 heavy (non-hydrogen) atoms. The molecule has 1 aliphatic rings. The first-order valence-electron chi connectivity index (χ1n) is 9.24. The summed E-state index contributed by atoms with van der Waals surface area (Å²) in [5.41, 5.74) is 4.50. The molecule has 0 aromatic heterocycles. The van der Waals surface area contributed by atoms with E-state index >= 15 is 0 Å². The third-order valence-electron chi connectivity index (χ3n) is 4.53. The third-order valence-corrected chi connectivity index (χ3v) is 4.53. The van der Waals surface area contributed by atoms with E-state index in [0.717, 1.165) is 30.9 Å². The average Bonchev–Trinajstić information content (AvgIpc) is 2.89. The van der Waals surface area contributed by atoms with Gasteiger partial charge in [-0.2, -0.15) is 0 Å². The van der Waals surface area contributed by atoms with Gasteiger partial charge in [0.05, 0.1) is 0 Å². The maximum atomic E-state index is 11.7. The van der Waals surface area contributed by atoms with Crippen molar-refractivity contribution in [1.82, 2.24) is 5.32 Å². The maximum Gasteiger partial charge on any atom is 0.226 e. The van der Waals surface area contributed by atoms with Gasteiger partial charge in [-0.15, -0.1) is 0 Å². The van der Waals surface area contributed by atoms with Gasteiger partial charge in [0, 0.05) is 31.1 Å². The van der Waals surface area contributed by atoms with Crippen molar-refractivity contribution in [3.8, 4) is 5.75 Å². The Hall–Kier alpha value is -2.33. The van der Waals surface area contributed by atoms with Crippen LogP contribution in [0.2, 0.25) is 0 Å². The number of rotatable bonds is 6. The van der Waals surface area contributed by atoms with E-state index in [1.54, 1.807) is 0 Å². The average molecular weight is 352 g/mol. The molecule has 0 unspecified atom stereocenters. The van der Waals surface area contributed by atoms with Gasteiger partial charge in [0.2, 0.25) is 5.91 Å². The highest BCUT2D eigenvalue weighted by Gasteiger charge is 2.29. The molecule has 2 aromatic rings. The van der Waals surface area contributed by atoms with Gasteiger partial charge in [-0.1, -0.05) is 38.1 Å². The van der Waals surface area contributed by atoms with Crippen molar-refractivity contribution in [1.29, 1.82) is 0 Å². The lowest BCUT2D eigenvalue weighted by atomic mass is 10.0. The third kappa shape index (κ3) is 4.64. The summed E-state index contributed by atoms with van der Waals surface area (Å²) in [6, 6.07) is 14.4. The molecular formula is C22H28N2O2. The van der Waals surface area contributed by atoms with Gasteiger partial charge in [-0.25, -0.2) is 0 Å². The lowest BCUT2D eigenvalue weighted by Gasteiger charge is -2.16. The zero-order chi connectivity index (χ0) is 18.7. The number of hydrogen-bond donors (Lipinski definition) is 2. The Morgan fingerprint density at radius 3 is 2.42 bits per heavy atom. The minimum Gasteiger partial charge on any atom is -0.487 e. The number of benzene rings is 2. The Bertz CT molecular complexity index is 779. The summed E-state index contributed by atoms with van der Waals surface area (Å²) >= 11 is 0. The quantitative estimate of drug-likeness (QED) is 0.816. The first-order valence-corrected chi connectivity index (χ1v) is 9.24. The zero-order valence-corrected chi connectivity index (χ0v) is 16.1. The Balaban J connectivity index is 1.50. The fourth-order valence-electron chi connectivity index (χ4n) is 3.12. The van der Waals surface area contributed by atoms with Gasteiger partial charge in [-0.3, -0.25) is 4.79 Å². The summed E-state index contributed by atoms with van der Waals surface area (Å²) in [5, 5.41) is 6.39. The lowest BCUT2D eigenvalue weighted by Crippen LogP contribution is -2.24. The molecule has 1 heterocycles. The fourth-order valence-corrected chi connectivity index (χ4v) is 3.12. The highest BCUT2D eigenvalue weighted by molar-refractivity contribution is 5.92. The second-order valence-electron chi connectivity index (χ2n) is 7.93. The van der Waals surface area contributed by atoms with Crippen molar-refractivity contribution in [3.05, 3.63) is 59.2 Å². The van der Waals surface area contributed by atoms with Crippen LogP contribution in [-0.4, -0.2) is 11.5 Å². The van der Waals surface area contributed by atoms with Crippen LogP contribution in [0, 0.1) is 5.92 Å². The normalized spacial score (nSPS) is 14.8. The standard InChI is InChI=1S/C22H28N2O2/c1-15(2)21(25)24-19-8-5-16(6-9-19)13-23-14-17-7-10-20-18(11-17)12-22(3,4)26-20/h5-11,15,23H,12-14H2,1-4H3,(H,24,25). The summed E-state index contributed by atoms with van der Waals surface area (Å²) in [6.45, 7) is 9.63. The molecule has 0 radical (unpaired) electrons. The van der Waals surface area contributed by atoms with Gasteiger partial charge in [0.1, 0.15) is 11.4 Å². The van der Waals surface area contributed by atoms with E-state index in [-0.39, 0.29) is 17.4 Å². The minimum atomic E-state index is -0.0961. The highest BCUT2D eigenvalue weighted by atomic mass is 16.5. The molecule has 2 N–H and O–H groups in total. The van der Waals surface area contributed by atoms with Crippen LogP contribution in [0.4, 0.5) is 5.69 Å². The number of amides is 1. The van der Waals surface area contributed by atoms with Crippen LogP contribution < -0.4 is 15.4 Å². The number of hydrogen-bond acceptors (Lipinski definition) is 3. The van der Waals surface area contributed by atoms with Gasteiger partial charge in [0.15, 0.2) is 0 Å². The van der Waals surface area contributed by atoms with Gasteiger partial charge >= 0.3 is 0 Å². The Labute approximate surface area is 156 Å². The smallest absolute Gasteiger partial charge is 0.226 e. The van der Waals surface area contributed by atoms with Crippen LogP contribution in [0.25, 0.3) is 0 Å². The lowest BCUT2D eigenvalue weighted by molar-refractivity contribution is -0.118. The van der Waals surface area contributed by atoms with E-state index in [4.69, 9.17) is 4.74 Å². The minimum absolute atomic E-state index is 0.0142. The largest absolute Gasteiger partial charge is 0.487 e. The van der Waals surface area contributed by atoms with Crippen LogP contribution in [-0.2, 0) is 24.3 Å². The monoisotopic (exact) mass is 352 g/mol. The number of carbonyl (C=O) groups is 1. The van der Waals surface area contributed by atoms with Crippen LogP contribution >= 0.6 is 0 Å². The van der Waals surface area contributed by atoms with E-state index in [2.05, 4.69) is 42.7 Å². The predicted octanol–water partition coefficient (Wildman–Crippen LogP) is 4.28. The number of ether oxygens (including phenoxy) is 1. The van der Waals surface area contributed by atoms with Crippen molar-refractivity contribution < 1.29 is 9.53 Å². The summed E-state index contributed by atoms with van der Waals surface area (Å²) in [6.07, 6.45) is 0.958. The summed E-state index contributed by atoms with van der Waals surface area (Å²) in [5.74, 6) is 1.04. The molecular weight excluding hydrogens is 324 g/mol. The van der Waals surface area contributed by atoms with Crippen molar-refractivity contribution in [2.24, 2.45) is 5.92 Å². The zero-order valence-electron chi connectivity index (χ0n) is 16.1. The number of anilines is 1. The first kappa shape index (κ1) is 18.5. The highest BCUT2D eigenvalue weighted by Crippen LogP contribution is 2.35. The number of nitrogens with one attached hydrogen (secondary N) is 2. The number of carbonyl (C=O) groups excluding carboxylic acids is 1.